The molecule has 0 aromatic carbocycles. The summed E-state index contributed by atoms with van der Waals surface area (Å²) in [6.07, 6.45) is -2.46. The number of halogens is 2. The summed E-state index contributed by atoms with van der Waals surface area (Å²) in [5, 5.41) is 8.58. The molecule has 16 heavy (non-hydrogen) atoms. The van der Waals surface area contributed by atoms with Gasteiger partial charge in [-0.1, -0.05) is 0 Å². The Balaban J connectivity index is 2.46. The first-order valence-electron chi connectivity index (χ1n) is 5.02. The van der Waals surface area contributed by atoms with Crippen LogP contribution in [-0.2, 0) is 9.59 Å². The lowest BCUT2D eigenvalue weighted by Crippen LogP contribution is -2.39. The number of hydrogen-bond acceptors (Lipinski definition) is 3. The molecule has 0 unspecified atom stereocenters. The summed E-state index contributed by atoms with van der Waals surface area (Å²) in [6.45, 7) is 1.15. The number of amides is 1. The molecule has 0 radical (unpaired) electrons. The molecule has 0 bridgehead atoms. The van der Waals surface area contributed by atoms with Crippen molar-refractivity contribution in [2.24, 2.45) is 0 Å². The number of rotatable bonds is 3. The number of carboxylic acids is 1. The monoisotopic (exact) mass is 236 g/mol. The molecule has 1 rings (SSSR count). The van der Waals surface area contributed by atoms with E-state index in [0.717, 1.165) is 4.90 Å². The van der Waals surface area contributed by atoms with E-state index in [2.05, 4.69) is 0 Å². The summed E-state index contributed by atoms with van der Waals surface area (Å²) in [4.78, 5) is 24.2. The average Bonchev–Trinajstić information content (AvgIpc) is 2.41. The number of carbonyl (C=O) groups excluding carboxylic acids is 1. The molecule has 1 amide bonds. The van der Waals surface area contributed by atoms with Crippen molar-refractivity contribution in [2.45, 2.75) is 12.8 Å². The third kappa shape index (κ3) is 3.73. The van der Waals surface area contributed by atoms with Gasteiger partial charge in [-0.15, -0.1) is 0 Å². The van der Waals surface area contributed by atoms with Crippen LogP contribution < -0.4 is 0 Å². The van der Waals surface area contributed by atoms with E-state index >= 15 is 0 Å². The first kappa shape index (κ1) is 12.8. The number of carbonyl (C=O) groups is 2. The van der Waals surface area contributed by atoms with E-state index in [1.54, 1.807) is 4.90 Å². The van der Waals surface area contributed by atoms with Crippen molar-refractivity contribution < 1.29 is 23.5 Å². The third-order valence-electron chi connectivity index (χ3n) is 2.45. The quantitative estimate of drug-likeness (QED) is 0.741. The highest BCUT2D eigenvalue weighted by atomic mass is 19.3. The van der Waals surface area contributed by atoms with Crippen molar-refractivity contribution in [3.63, 3.8) is 0 Å². The first-order chi connectivity index (χ1) is 7.50. The molecule has 0 atom stereocenters. The molecule has 1 aliphatic rings. The normalized spacial score (nSPS) is 18.6. The number of hydrogen-bond donors (Lipinski definition) is 1. The number of aliphatic carboxylic acids is 1. The SMILES string of the molecule is O=C(O)CN1CCCN(C(=O)C(F)F)CC1. The Labute approximate surface area is 91.6 Å². The van der Waals surface area contributed by atoms with Gasteiger partial charge in [0.25, 0.3) is 5.91 Å². The molecule has 0 aromatic rings. The van der Waals surface area contributed by atoms with Crippen LogP contribution in [0.2, 0.25) is 0 Å². The fourth-order valence-electron chi connectivity index (χ4n) is 1.68. The van der Waals surface area contributed by atoms with E-state index in [-0.39, 0.29) is 19.6 Å². The summed E-state index contributed by atoms with van der Waals surface area (Å²) < 4.78 is 24.3. The van der Waals surface area contributed by atoms with Crippen LogP contribution in [0.5, 0.6) is 0 Å². The molecule has 0 spiro atoms. The number of alkyl halides is 2. The van der Waals surface area contributed by atoms with Gasteiger partial charge in [0, 0.05) is 26.2 Å². The lowest BCUT2D eigenvalue weighted by atomic mass is 10.3. The molecule has 5 nitrogen and oxygen atoms in total. The number of carboxylic acid groups (broad SMARTS) is 1. The van der Waals surface area contributed by atoms with Crippen LogP contribution in [0.15, 0.2) is 0 Å². The van der Waals surface area contributed by atoms with E-state index in [1.807, 2.05) is 0 Å². The molecule has 92 valence electrons. The second-order valence-corrected chi connectivity index (χ2v) is 3.65. The Morgan fingerprint density at radius 2 is 1.88 bits per heavy atom. The zero-order chi connectivity index (χ0) is 12.1. The minimum Gasteiger partial charge on any atom is -0.480 e. The third-order valence-corrected chi connectivity index (χ3v) is 2.45. The maximum atomic E-state index is 12.2. The summed E-state index contributed by atoms with van der Waals surface area (Å²) >= 11 is 0. The van der Waals surface area contributed by atoms with Gasteiger partial charge in [-0.25, -0.2) is 0 Å². The fourth-order valence-corrected chi connectivity index (χ4v) is 1.68. The molecule has 0 saturated carbocycles. The molecule has 0 aliphatic carbocycles. The van der Waals surface area contributed by atoms with Crippen molar-refractivity contribution in [2.75, 3.05) is 32.7 Å². The van der Waals surface area contributed by atoms with Gasteiger partial charge in [0.1, 0.15) is 0 Å². The standard InChI is InChI=1S/C9H14F2N2O3/c10-8(11)9(16)13-3-1-2-12(4-5-13)6-7(14)15/h8H,1-6H2,(H,14,15). The molecular formula is C9H14F2N2O3. The maximum absolute atomic E-state index is 12.2. The van der Waals surface area contributed by atoms with Gasteiger partial charge in [0.2, 0.25) is 0 Å². The average molecular weight is 236 g/mol. The van der Waals surface area contributed by atoms with Gasteiger partial charge in [0.15, 0.2) is 0 Å². The summed E-state index contributed by atoms with van der Waals surface area (Å²) in [5.74, 6) is -2.12. The van der Waals surface area contributed by atoms with Crippen LogP contribution in [0.4, 0.5) is 8.78 Å². The van der Waals surface area contributed by atoms with E-state index in [4.69, 9.17) is 5.11 Å². The predicted molar refractivity (Wildman–Crippen MR) is 51.3 cm³/mol. The van der Waals surface area contributed by atoms with E-state index < -0.39 is 18.3 Å². The van der Waals surface area contributed by atoms with Crippen molar-refractivity contribution in [1.82, 2.24) is 9.80 Å². The lowest BCUT2D eigenvalue weighted by Gasteiger charge is -2.20. The second-order valence-electron chi connectivity index (χ2n) is 3.65. The highest BCUT2D eigenvalue weighted by molar-refractivity contribution is 5.79. The highest BCUT2D eigenvalue weighted by Gasteiger charge is 2.25. The molecule has 7 heteroatoms. The van der Waals surface area contributed by atoms with Gasteiger partial charge in [-0.3, -0.25) is 14.5 Å². The predicted octanol–water partition coefficient (Wildman–Crippen LogP) is -0.130. The summed E-state index contributed by atoms with van der Waals surface area (Å²) in [5.41, 5.74) is 0. The highest BCUT2D eigenvalue weighted by Crippen LogP contribution is 2.07. The van der Waals surface area contributed by atoms with Crippen molar-refractivity contribution in [3.8, 4) is 0 Å². The fraction of sp³-hybridized carbons (Fsp3) is 0.778. The largest absolute Gasteiger partial charge is 0.480 e. The zero-order valence-electron chi connectivity index (χ0n) is 8.73. The lowest BCUT2D eigenvalue weighted by molar-refractivity contribution is -0.142. The van der Waals surface area contributed by atoms with Crippen molar-refractivity contribution in [1.29, 1.82) is 0 Å². The Morgan fingerprint density at radius 1 is 1.19 bits per heavy atom. The van der Waals surface area contributed by atoms with Crippen LogP contribution in [0.1, 0.15) is 6.42 Å². The molecule has 1 heterocycles. The topological polar surface area (TPSA) is 60.9 Å². The second kappa shape index (κ2) is 5.74. The molecule has 1 fully saturated rings. The van der Waals surface area contributed by atoms with Gasteiger partial charge in [-0.2, -0.15) is 8.78 Å². The van der Waals surface area contributed by atoms with E-state index in [1.165, 1.54) is 0 Å². The minimum absolute atomic E-state index is 0.114. The molecular weight excluding hydrogens is 222 g/mol. The Hall–Kier alpha value is -1.24. The zero-order valence-corrected chi connectivity index (χ0v) is 8.73. The van der Waals surface area contributed by atoms with Crippen LogP contribution >= 0.6 is 0 Å². The summed E-state index contributed by atoms with van der Waals surface area (Å²) in [7, 11) is 0. The minimum atomic E-state index is -2.98. The molecule has 1 N–H and O–H groups in total. The maximum Gasteiger partial charge on any atom is 0.317 e. The van der Waals surface area contributed by atoms with Gasteiger partial charge < -0.3 is 10.0 Å². The summed E-state index contributed by atoms with van der Waals surface area (Å²) in [6, 6.07) is 0. The van der Waals surface area contributed by atoms with E-state index in [0.29, 0.717) is 19.5 Å². The van der Waals surface area contributed by atoms with Crippen LogP contribution in [0, 0.1) is 0 Å². The first-order valence-corrected chi connectivity index (χ1v) is 5.02. The van der Waals surface area contributed by atoms with Crippen LogP contribution in [0.25, 0.3) is 0 Å². The Kier molecular flexibility index (Phi) is 4.60. The smallest absolute Gasteiger partial charge is 0.317 e. The molecule has 1 saturated heterocycles. The number of nitrogens with zero attached hydrogens (tertiary/aromatic N) is 2. The van der Waals surface area contributed by atoms with Gasteiger partial charge in [-0.05, 0) is 6.42 Å². The van der Waals surface area contributed by atoms with Crippen LogP contribution in [-0.4, -0.2) is 65.9 Å². The van der Waals surface area contributed by atoms with Crippen molar-refractivity contribution in [3.05, 3.63) is 0 Å². The van der Waals surface area contributed by atoms with Gasteiger partial charge >= 0.3 is 12.4 Å². The van der Waals surface area contributed by atoms with Crippen LogP contribution in [0.3, 0.4) is 0 Å². The molecule has 0 aromatic heterocycles. The van der Waals surface area contributed by atoms with Gasteiger partial charge in [0.05, 0.1) is 6.54 Å². The van der Waals surface area contributed by atoms with E-state index in [9.17, 15) is 18.4 Å². The Morgan fingerprint density at radius 3 is 2.44 bits per heavy atom. The van der Waals surface area contributed by atoms with Crippen molar-refractivity contribution >= 4 is 11.9 Å². The molecule has 1 aliphatic heterocycles. The Bertz CT molecular complexity index is 273.